The molecule has 21 heavy (non-hydrogen) atoms. The largest absolute Gasteiger partial charge is 0.493 e. The fourth-order valence-electron chi connectivity index (χ4n) is 1.82. The first kappa shape index (κ1) is 15.0. The lowest BCUT2D eigenvalue weighted by atomic mass is 10.3. The van der Waals surface area contributed by atoms with Gasteiger partial charge in [-0.2, -0.15) is 0 Å². The summed E-state index contributed by atoms with van der Waals surface area (Å²) in [5.74, 6) is 0.726. The molecule has 0 spiro atoms. The number of rotatable bonds is 6. The molecule has 0 aliphatic rings. The molecule has 0 atom stereocenters. The Bertz CT molecular complexity index is 590. The van der Waals surface area contributed by atoms with Crippen molar-refractivity contribution in [3.8, 4) is 5.75 Å². The molecule has 2 aromatic rings. The molecule has 0 radical (unpaired) electrons. The van der Waals surface area contributed by atoms with Gasteiger partial charge in [-0.15, -0.1) is 0 Å². The fourth-order valence-corrected chi connectivity index (χ4v) is 1.82. The van der Waals surface area contributed by atoms with Crippen LogP contribution in [0, 0.1) is 5.82 Å². The van der Waals surface area contributed by atoms with E-state index in [4.69, 9.17) is 4.74 Å². The van der Waals surface area contributed by atoms with Crippen LogP contribution in [0.15, 0.2) is 48.7 Å². The summed E-state index contributed by atoms with van der Waals surface area (Å²) in [7, 11) is 1.69. The number of carbonyl (C=O) groups excluding carboxylic acids is 1. The second-order valence-corrected chi connectivity index (χ2v) is 4.55. The molecule has 110 valence electrons. The maximum Gasteiger partial charge on any atom is 0.228 e. The van der Waals surface area contributed by atoms with Crippen molar-refractivity contribution < 1.29 is 13.9 Å². The highest BCUT2D eigenvalue weighted by Gasteiger charge is 2.11. The van der Waals surface area contributed by atoms with E-state index in [2.05, 4.69) is 4.98 Å². The number of amides is 1. The van der Waals surface area contributed by atoms with Crippen LogP contribution in [0.25, 0.3) is 0 Å². The Morgan fingerprint density at radius 3 is 2.86 bits per heavy atom. The summed E-state index contributed by atoms with van der Waals surface area (Å²) in [5, 5.41) is 0. The molecule has 1 aromatic heterocycles. The molecule has 4 nitrogen and oxygen atoms in total. The average molecular weight is 288 g/mol. The quantitative estimate of drug-likeness (QED) is 0.767. The standard InChI is InChI=1S/C16H17FN2O2/c1-19(15-8-2-3-10-18-15)16(20)9-5-11-21-14-7-4-6-13(17)12-14/h2-4,6-8,10,12H,5,9,11H2,1H3. The van der Waals surface area contributed by atoms with Crippen molar-refractivity contribution in [2.24, 2.45) is 0 Å². The molecule has 1 aromatic carbocycles. The van der Waals surface area contributed by atoms with E-state index in [1.165, 1.54) is 17.0 Å². The fraction of sp³-hybridized carbons (Fsp3) is 0.250. The van der Waals surface area contributed by atoms with E-state index < -0.39 is 0 Å². The first-order valence-corrected chi connectivity index (χ1v) is 6.73. The number of halogens is 1. The Hall–Kier alpha value is -2.43. The van der Waals surface area contributed by atoms with E-state index in [1.807, 2.05) is 6.07 Å². The summed E-state index contributed by atoms with van der Waals surface area (Å²) in [6.45, 7) is 0.366. The van der Waals surface area contributed by atoms with Crippen LogP contribution in [0.4, 0.5) is 10.2 Å². The highest BCUT2D eigenvalue weighted by Crippen LogP contribution is 2.13. The lowest BCUT2D eigenvalue weighted by Gasteiger charge is -2.15. The number of nitrogens with zero attached hydrogens (tertiary/aromatic N) is 2. The summed E-state index contributed by atoms with van der Waals surface area (Å²) >= 11 is 0. The summed E-state index contributed by atoms with van der Waals surface area (Å²) in [4.78, 5) is 17.6. The second kappa shape index (κ2) is 7.38. The SMILES string of the molecule is CN(C(=O)CCCOc1cccc(F)c1)c1ccccn1. The first-order valence-electron chi connectivity index (χ1n) is 6.73. The van der Waals surface area contributed by atoms with Gasteiger partial charge in [0.1, 0.15) is 17.4 Å². The summed E-state index contributed by atoms with van der Waals surface area (Å²) in [6, 6.07) is 11.4. The van der Waals surface area contributed by atoms with Crippen LogP contribution in [0.2, 0.25) is 0 Å². The van der Waals surface area contributed by atoms with Crippen molar-refractivity contribution in [3.63, 3.8) is 0 Å². The van der Waals surface area contributed by atoms with E-state index in [9.17, 15) is 9.18 Å². The second-order valence-electron chi connectivity index (χ2n) is 4.55. The number of anilines is 1. The molecule has 0 fully saturated rings. The van der Waals surface area contributed by atoms with Gasteiger partial charge >= 0.3 is 0 Å². The predicted octanol–water partition coefficient (Wildman–Crippen LogP) is 3.04. The van der Waals surface area contributed by atoms with Gasteiger partial charge in [-0.05, 0) is 30.7 Å². The third kappa shape index (κ3) is 4.56. The lowest BCUT2D eigenvalue weighted by Crippen LogP contribution is -2.27. The van der Waals surface area contributed by atoms with Crippen molar-refractivity contribution in [1.82, 2.24) is 4.98 Å². The number of aromatic nitrogens is 1. The summed E-state index contributed by atoms with van der Waals surface area (Å²) in [5.41, 5.74) is 0. The van der Waals surface area contributed by atoms with Gasteiger partial charge in [-0.1, -0.05) is 12.1 Å². The van der Waals surface area contributed by atoms with Crippen molar-refractivity contribution in [2.75, 3.05) is 18.6 Å². The minimum atomic E-state index is -0.335. The Balaban J connectivity index is 1.74. The lowest BCUT2D eigenvalue weighted by molar-refractivity contribution is -0.118. The molecule has 0 saturated heterocycles. The topological polar surface area (TPSA) is 42.4 Å². The van der Waals surface area contributed by atoms with E-state index in [0.717, 1.165) is 0 Å². The van der Waals surface area contributed by atoms with Gasteiger partial charge in [0, 0.05) is 25.7 Å². The zero-order valence-electron chi connectivity index (χ0n) is 11.8. The molecule has 1 heterocycles. The van der Waals surface area contributed by atoms with Gasteiger partial charge in [0.15, 0.2) is 0 Å². The molecule has 0 saturated carbocycles. The van der Waals surface area contributed by atoms with Crippen LogP contribution < -0.4 is 9.64 Å². The molecule has 0 N–H and O–H groups in total. The zero-order valence-corrected chi connectivity index (χ0v) is 11.8. The summed E-state index contributed by atoms with van der Waals surface area (Å²) < 4.78 is 18.3. The highest BCUT2D eigenvalue weighted by molar-refractivity contribution is 5.91. The Morgan fingerprint density at radius 2 is 2.14 bits per heavy atom. The Morgan fingerprint density at radius 1 is 1.29 bits per heavy atom. The molecule has 1 amide bonds. The zero-order chi connectivity index (χ0) is 15.1. The third-order valence-electron chi connectivity index (χ3n) is 2.97. The van der Waals surface area contributed by atoms with Gasteiger partial charge in [0.25, 0.3) is 0 Å². The number of ether oxygens (including phenoxy) is 1. The van der Waals surface area contributed by atoms with Crippen LogP contribution in [-0.2, 0) is 4.79 Å². The van der Waals surface area contributed by atoms with Gasteiger partial charge in [0.05, 0.1) is 6.61 Å². The van der Waals surface area contributed by atoms with Crippen molar-refractivity contribution >= 4 is 11.7 Å². The Labute approximate surface area is 123 Å². The maximum absolute atomic E-state index is 13.0. The van der Waals surface area contributed by atoms with E-state index in [1.54, 1.807) is 37.5 Å². The third-order valence-corrected chi connectivity index (χ3v) is 2.97. The molecular formula is C16H17FN2O2. The van der Waals surface area contributed by atoms with Crippen molar-refractivity contribution in [1.29, 1.82) is 0 Å². The van der Waals surface area contributed by atoms with Crippen LogP contribution in [0.1, 0.15) is 12.8 Å². The number of carbonyl (C=O) groups is 1. The van der Waals surface area contributed by atoms with Gasteiger partial charge in [-0.3, -0.25) is 9.69 Å². The van der Waals surface area contributed by atoms with Crippen LogP contribution >= 0.6 is 0 Å². The normalized spacial score (nSPS) is 10.2. The molecule has 5 heteroatoms. The molecule has 0 bridgehead atoms. The van der Waals surface area contributed by atoms with E-state index in [0.29, 0.717) is 31.0 Å². The number of hydrogen-bond donors (Lipinski definition) is 0. The molecule has 0 unspecified atom stereocenters. The monoisotopic (exact) mass is 288 g/mol. The minimum Gasteiger partial charge on any atom is -0.493 e. The highest BCUT2D eigenvalue weighted by atomic mass is 19.1. The average Bonchev–Trinajstić information content (AvgIpc) is 2.51. The molecular weight excluding hydrogens is 271 g/mol. The van der Waals surface area contributed by atoms with Crippen molar-refractivity contribution in [3.05, 3.63) is 54.5 Å². The van der Waals surface area contributed by atoms with Gasteiger partial charge in [-0.25, -0.2) is 9.37 Å². The number of pyridine rings is 1. The maximum atomic E-state index is 13.0. The number of hydrogen-bond acceptors (Lipinski definition) is 3. The van der Waals surface area contributed by atoms with Gasteiger partial charge in [0.2, 0.25) is 5.91 Å². The number of benzene rings is 1. The van der Waals surface area contributed by atoms with E-state index in [-0.39, 0.29) is 11.7 Å². The smallest absolute Gasteiger partial charge is 0.228 e. The van der Waals surface area contributed by atoms with Crippen molar-refractivity contribution in [2.45, 2.75) is 12.8 Å². The molecule has 0 aliphatic heterocycles. The minimum absolute atomic E-state index is 0.0310. The molecule has 0 aliphatic carbocycles. The van der Waals surface area contributed by atoms with Gasteiger partial charge < -0.3 is 4.74 Å². The van der Waals surface area contributed by atoms with E-state index >= 15 is 0 Å². The van der Waals surface area contributed by atoms with Crippen LogP contribution in [0.3, 0.4) is 0 Å². The molecule has 2 rings (SSSR count). The van der Waals surface area contributed by atoms with Crippen LogP contribution in [-0.4, -0.2) is 24.5 Å². The first-order chi connectivity index (χ1) is 10.2. The Kier molecular flexibility index (Phi) is 5.26. The van der Waals surface area contributed by atoms with Crippen LogP contribution in [0.5, 0.6) is 5.75 Å². The predicted molar refractivity (Wildman–Crippen MR) is 78.8 cm³/mol. The summed E-state index contributed by atoms with van der Waals surface area (Å²) in [6.07, 6.45) is 2.56.